The lowest BCUT2D eigenvalue weighted by Crippen LogP contribution is -2.12. The summed E-state index contributed by atoms with van der Waals surface area (Å²) in [4.78, 5) is 13.3. The number of carbonyl (C=O) groups is 1. The SMILES string of the molecule is COc1nn(C)cc1C(=O)Nc1sc(C)c(C)c1C#N. The molecule has 0 saturated carbocycles. The molecule has 0 aromatic carbocycles. The van der Waals surface area contributed by atoms with Crippen molar-refractivity contribution in [1.29, 1.82) is 5.26 Å². The molecule has 0 radical (unpaired) electrons. The summed E-state index contributed by atoms with van der Waals surface area (Å²) in [5.74, 6) is -0.0822. The van der Waals surface area contributed by atoms with Crippen LogP contribution in [0.5, 0.6) is 5.88 Å². The predicted octanol–water partition coefficient (Wildman–Crippen LogP) is 2.23. The molecule has 0 aliphatic carbocycles. The maximum atomic E-state index is 12.2. The molecule has 0 unspecified atom stereocenters. The van der Waals surface area contributed by atoms with E-state index < -0.39 is 0 Å². The number of aromatic nitrogens is 2. The van der Waals surface area contributed by atoms with E-state index in [0.717, 1.165) is 10.4 Å². The van der Waals surface area contributed by atoms with E-state index in [0.29, 0.717) is 16.1 Å². The van der Waals surface area contributed by atoms with E-state index in [-0.39, 0.29) is 11.8 Å². The third-order valence-electron chi connectivity index (χ3n) is 2.96. The number of thiophene rings is 1. The van der Waals surface area contributed by atoms with Crippen LogP contribution in [0.3, 0.4) is 0 Å². The minimum absolute atomic E-state index is 0.258. The molecule has 0 bridgehead atoms. The molecule has 1 N–H and O–H groups in total. The number of aryl methyl sites for hydroxylation is 2. The van der Waals surface area contributed by atoms with E-state index in [1.807, 2.05) is 13.8 Å². The number of nitrogens with one attached hydrogen (secondary N) is 1. The van der Waals surface area contributed by atoms with Gasteiger partial charge in [-0.05, 0) is 19.4 Å². The van der Waals surface area contributed by atoms with Crippen molar-refractivity contribution in [2.75, 3.05) is 12.4 Å². The predicted molar refractivity (Wildman–Crippen MR) is 76.2 cm³/mol. The van der Waals surface area contributed by atoms with Gasteiger partial charge in [0.15, 0.2) is 0 Å². The number of carbonyl (C=O) groups excluding carboxylic acids is 1. The summed E-state index contributed by atoms with van der Waals surface area (Å²) in [5, 5.41) is 16.5. The Balaban J connectivity index is 2.33. The Labute approximate surface area is 120 Å². The van der Waals surface area contributed by atoms with E-state index >= 15 is 0 Å². The number of nitrogens with zero attached hydrogens (tertiary/aromatic N) is 3. The van der Waals surface area contributed by atoms with E-state index in [1.165, 1.54) is 23.1 Å². The van der Waals surface area contributed by atoms with Crippen molar-refractivity contribution in [1.82, 2.24) is 9.78 Å². The molecule has 0 spiro atoms. The number of anilines is 1. The van der Waals surface area contributed by atoms with Crippen molar-refractivity contribution in [3.8, 4) is 11.9 Å². The number of methoxy groups -OCH3 is 1. The summed E-state index contributed by atoms with van der Waals surface area (Å²) >= 11 is 1.39. The Morgan fingerprint density at radius 1 is 1.55 bits per heavy atom. The lowest BCUT2D eigenvalue weighted by molar-refractivity contribution is 0.102. The van der Waals surface area contributed by atoms with Crippen LogP contribution in [0.4, 0.5) is 5.00 Å². The minimum atomic E-state index is -0.340. The molecule has 0 aliphatic rings. The zero-order chi connectivity index (χ0) is 14.9. The number of hydrogen-bond acceptors (Lipinski definition) is 5. The summed E-state index contributed by atoms with van der Waals surface area (Å²) in [5.41, 5.74) is 1.73. The molecule has 7 heteroatoms. The average Bonchev–Trinajstić information content (AvgIpc) is 2.91. The number of hydrogen-bond donors (Lipinski definition) is 1. The second-order valence-electron chi connectivity index (χ2n) is 4.28. The fraction of sp³-hybridized carbons (Fsp3) is 0.308. The van der Waals surface area contributed by atoms with Crippen molar-refractivity contribution in [2.45, 2.75) is 13.8 Å². The van der Waals surface area contributed by atoms with E-state index in [4.69, 9.17) is 10.00 Å². The third kappa shape index (κ3) is 2.38. The van der Waals surface area contributed by atoms with E-state index in [9.17, 15) is 4.79 Å². The molecule has 2 rings (SSSR count). The molecule has 6 nitrogen and oxygen atoms in total. The van der Waals surface area contributed by atoms with Crippen LogP contribution in [0.1, 0.15) is 26.4 Å². The normalized spacial score (nSPS) is 10.2. The van der Waals surface area contributed by atoms with E-state index in [2.05, 4.69) is 16.5 Å². The molecule has 2 aromatic rings. The molecule has 1 amide bonds. The Bertz CT molecular complexity index is 709. The van der Waals surface area contributed by atoms with Crippen LogP contribution < -0.4 is 10.1 Å². The van der Waals surface area contributed by atoms with Gasteiger partial charge in [-0.25, -0.2) is 0 Å². The van der Waals surface area contributed by atoms with Gasteiger partial charge in [0.2, 0.25) is 5.88 Å². The molecule has 2 heterocycles. The summed E-state index contributed by atoms with van der Waals surface area (Å²) in [7, 11) is 3.17. The monoisotopic (exact) mass is 290 g/mol. The highest BCUT2D eigenvalue weighted by Crippen LogP contribution is 2.32. The van der Waals surface area contributed by atoms with Gasteiger partial charge < -0.3 is 10.1 Å². The van der Waals surface area contributed by atoms with Gasteiger partial charge in [0, 0.05) is 18.1 Å². The van der Waals surface area contributed by atoms with Crippen molar-refractivity contribution in [3.05, 3.63) is 27.8 Å². The van der Waals surface area contributed by atoms with Crippen molar-refractivity contribution < 1.29 is 9.53 Å². The van der Waals surface area contributed by atoms with Crippen LogP contribution in [0.2, 0.25) is 0 Å². The van der Waals surface area contributed by atoms with Crippen LogP contribution in [-0.4, -0.2) is 22.8 Å². The highest BCUT2D eigenvalue weighted by atomic mass is 32.1. The van der Waals surface area contributed by atoms with Crippen LogP contribution in [0.25, 0.3) is 0 Å². The number of amides is 1. The smallest absolute Gasteiger partial charge is 0.263 e. The van der Waals surface area contributed by atoms with Crippen molar-refractivity contribution in [3.63, 3.8) is 0 Å². The Morgan fingerprint density at radius 2 is 2.25 bits per heavy atom. The summed E-state index contributed by atoms with van der Waals surface area (Å²) in [6, 6.07) is 2.12. The first-order valence-electron chi connectivity index (χ1n) is 5.87. The van der Waals surface area contributed by atoms with Crippen LogP contribution in [0.15, 0.2) is 6.20 Å². The molecule has 104 valence electrons. The second kappa shape index (κ2) is 5.35. The lowest BCUT2D eigenvalue weighted by atomic mass is 10.2. The Hall–Kier alpha value is -2.33. The van der Waals surface area contributed by atoms with Gasteiger partial charge in [-0.15, -0.1) is 16.4 Å². The first-order valence-corrected chi connectivity index (χ1v) is 6.68. The summed E-state index contributed by atoms with van der Waals surface area (Å²) < 4.78 is 6.56. The standard InChI is InChI=1S/C13H14N4O2S/c1-7-8(2)20-13(9(7)5-14)15-11(18)10-6-17(3)16-12(10)19-4/h6H,1-4H3,(H,15,18). The number of ether oxygens (including phenoxy) is 1. The Kier molecular flexibility index (Phi) is 3.77. The summed E-state index contributed by atoms with van der Waals surface area (Å²) in [6.45, 7) is 3.78. The average molecular weight is 290 g/mol. The molecule has 0 atom stereocenters. The topological polar surface area (TPSA) is 79.9 Å². The van der Waals surface area contributed by atoms with Crippen molar-refractivity contribution in [2.24, 2.45) is 7.05 Å². The molecule has 0 saturated heterocycles. The maximum Gasteiger partial charge on any atom is 0.263 e. The van der Waals surface area contributed by atoms with Gasteiger partial charge >= 0.3 is 0 Å². The maximum absolute atomic E-state index is 12.2. The van der Waals surface area contributed by atoms with Gasteiger partial charge in [-0.2, -0.15) is 5.26 Å². The highest BCUT2D eigenvalue weighted by molar-refractivity contribution is 7.16. The van der Waals surface area contributed by atoms with E-state index in [1.54, 1.807) is 13.2 Å². The lowest BCUT2D eigenvalue weighted by Gasteiger charge is -2.02. The molecule has 2 aromatic heterocycles. The molecule has 0 fully saturated rings. The van der Waals surface area contributed by atoms with Gasteiger partial charge in [0.1, 0.15) is 16.6 Å². The van der Waals surface area contributed by atoms with Crippen molar-refractivity contribution >= 4 is 22.2 Å². The van der Waals surface area contributed by atoms with Crippen LogP contribution >= 0.6 is 11.3 Å². The molecular formula is C13H14N4O2S. The first-order chi connectivity index (χ1) is 9.47. The van der Waals surface area contributed by atoms with Crippen LogP contribution in [0, 0.1) is 25.2 Å². The zero-order valence-electron chi connectivity index (χ0n) is 11.6. The molecule has 20 heavy (non-hydrogen) atoms. The number of rotatable bonds is 3. The fourth-order valence-electron chi connectivity index (χ4n) is 1.79. The zero-order valence-corrected chi connectivity index (χ0v) is 12.5. The fourth-order valence-corrected chi connectivity index (χ4v) is 2.80. The van der Waals surface area contributed by atoms with Crippen LogP contribution in [-0.2, 0) is 7.05 Å². The highest BCUT2D eigenvalue weighted by Gasteiger charge is 2.20. The van der Waals surface area contributed by atoms with Gasteiger partial charge in [-0.1, -0.05) is 0 Å². The third-order valence-corrected chi connectivity index (χ3v) is 4.08. The summed E-state index contributed by atoms with van der Waals surface area (Å²) in [6.07, 6.45) is 1.58. The first kappa shape index (κ1) is 14.1. The van der Waals surface area contributed by atoms with Gasteiger partial charge in [0.05, 0.1) is 12.7 Å². The molecular weight excluding hydrogens is 276 g/mol. The van der Waals surface area contributed by atoms with Gasteiger partial charge in [-0.3, -0.25) is 9.48 Å². The minimum Gasteiger partial charge on any atom is -0.479 e. The quantitative estimate of drug-likeness (QED) is 0.940. The number of nitriles is 1. The Morgan fingerprint density at radius 3 is 2.85 bits per heavy atom. The van der Waals surface area contributed by atoms with Gasteiger partial charge in [0.25, 0.3) is 5.91 Å². The molecule has 0 aliphatic heterocycles. The largest absolute Gasteiger partial charge is 0.479 e. The second-order valence-corrected chi connectivity index (χ2v) is 5.50.